The Kier molecular flexibility index (Phi) is 19.4. The second kappa shape index (κ2) is 25.7. The highest BCUT2D eigenvalue weighted by atomic mass is 32.2. The molecule has 28 heteroatoms. The summed E-state index contributed by atoms with van der Waals surface area (Å²) < 4.78 is 29.7. The van der Waals surface area contributed by atoms with Crippen molar-refractivity contribution in [3.63, 3.8) is 0 Å². The Morgan fingerprint density at radius 3 is 1.72 bits per heavy atom. The summed E-state index contributed by atoms with van der Waals surface area (Å²) >= 11 is 1.65. The molecular formula is C50H65N12O14S2+. The van der Waals surface area contributed by atoms with E-state index in [2.05, 4.69) is 57.4 Å². The number of hydrogen-bond donors (Lipinski definition) is 9. The van der Waals surface area contributed by atoms with Gasteiger partial charge in [-0.1, -0.05) is 60.7 Å². The topological polar surface area (TPSA) is 379 Å². The van der Waals surface area contributed by atoms with Gasteiger partial charge in [-0.15, -0.1) is 0 Å². The van der Waals surface area contributed by atoms with Crippen molar-refractivity contribution in [3.8, 4) is 0 Å². The number of carboxylic acids is 1. The Balaban J connectivity index is 0.000000193. The van der Waals surface area contributed by atoms with E-state index in [1.165, 1.54) is 35.4 Å². The van der Waals surface area contributed by atoms with E-state index in [0.29, 0.717) is 33.8 Å². The van der Waals surface area contributed by atoms with Gasteiger partial charge < -0.3 is 71.3 Å². The van der Waals surface area contributed by atoms with Crippen LogP contribution in [0.2, 0.25) is 0 Å². The number of nitrogens with zero attached hydrogens (tertiary/aromatic N) is 8. The van der Waals surface area contributed by atoms with Crippen molar-refractivity contribution in [2.24, 2.45) is 0 Å². The number of carbonyl (C=O) groups excluding carboxylic acids is 3. The van der Waals surface area contributed by atoms with E-state index in [9.17, 15) is 44.7 Å². The maximum atomic E-state index is 12.3. The molecule has 6 aromatic rings. The molecule has 420 valence electrons. The molecule has 2 aromatic carbocycles. The van der Waals surface area contributed by atoms with Gasteiger partial charge in [0.15, 0.2) is 47.5 Å². The van der Waals surface area contributed by atoms with Gasteiger partial charge in [0.2, 0.25) is 0 Å². The number of esters is 1. The molecule has 4 aromatic heterocycles. The number of ether oxygens (including phenoxy) is 5. The number of aliphatic hydroxyl groups excluding tert-OH is 4. The minimum absolute atomic E-state index is 0.0641. The number of rotatable bonds is 15. The number of thioether (sulfide) groups is 1. The van der Waals surface area contributed by atoms with E-state index < -0.39 is 107 Å². The molecule has 0 saturated carbocycles. The van der Waals surface area contributed by atoms with Crippen LogP contribution in [0.4, 0.5) is 21.2 Å². The first kappa shape index (κ1) is 58.8. The van der Waals surface area contributed by atoms with Crippen LogP contribution in [0.15, 0.2) is 86.0 Å². The number of nitrogens with two attached hydrogens (primary N) is 2. The largest absolute Gasteiger partial charge is 0.480 e. The van der Waals surface area contributed by atoms with Crippen LogP contribution in [0, 0.1) is 0 Å². The van der Waals surface area contributed by atoms with Crippen LogP contribution < -0.4 is 22.1 Å². The molecule has 3 aliphatic heterocycles. The summed E-state index contributed by atoms with van der Waals surface area (Å²) in [4.78, 5) is 70.7. The number of aromatic nitrogens is 8. The average molecular weight is 1120 g/mol. The number of benzene rings is 2. The van der Waals surface area contributed by atoms with Crippen molar-refractivity contribution < 1.29 is 68.4 Å². The molecule has 2 amide bonds. The van der Waals surface area contributed by atoms with Crippen molar-refractivity contribution in [1.29, 1.82) is 0 Å². The molecule has 78 heavy (non-hydrogen) atoms. The summed E-state index contributed by atoms with van der Waals surface area (Å²) in [5.74, 6) is 0.958. The Hall–Kier alpha value is -6.92. The smallest absolute Gasteiger partial charge is 0.408 e. The number of amides is 2. The summed E-state index contributed by atoms with van der Waals surface area (Å²) in [5.41, 5.74) is 14.1. The highest BCUT2D eigenvalue weighted by Gasteiger charge is 2.48. The van der Waals surface area contributed by atoms with E-state index >= 15 is 0 Å². The van der Waals surface area contributed by atoms with Crippen LogP contribution in [-0.4, -0.2) is 172 Å². The molecule has 0 aliphatic carbocycles. The highest BCUT2D eigenvalue weighted by molar-refractivity contribution is 7.98. The molecule has 7 heterocycles. The number of nitrogen functional groups attached to an aromatic ring is 2. The fourth-order valence-electron chi connectivity index (χ4n) is 8.05. The quantitative estimate of drug-likeness (QED) is 0.0404. The average Bonchev–Trinajstić information content (AvgIpc) is 4.21. The molecule has 0 spiro atoms. The molecule has 3 unspecified atom stereocenters. The van der Waals surface area contributed by atoms with Gasteiger partial charge in [0, 0.05) is 17.1 Å². The summed E-state index contributed by atoms with van der Waals surface area (Å²) in [6.45, 7) is 10.6. The number of carbonyl (C=O) groups is 4. The SMILES string of the molecule is CC(C)(C)OC(=O)N[C@@H](C[S+](Cc1ccccc1)C[C@H]1O[C@@H](n2cnc3c(N)ncnc32)[C@@H](O)C1O)C(=O)O.CC(C)(C)OC(=O)N[C@H]1COC1=O.Nc1ncnc2c1ncn2[C@@H]1O[C@H](CSCc2ccccc2)C(O)[C@@H]1O. The van der Waals surface area contributed by atoms with Crippen molar-refractivity contribution in [2.45, 2.75) is 125 Å². The number of hydrogen-bond acceptors (Lipinski definition) is 22. The third-order valence-electron chi connectivity index (χ3n) is 11.8. The number of aliphatic hydroxyl groups is 4. The molecule has 3 fully saturated rings. The van der Waals surface area contributed by atoms with Crippen molar-refractivity contribution in [3.05, 3.63) is 97.1 Å². The van der Waals surface area contributed by atoms with Crippen LogP contribution in [0.3, 0.4) is 0 Å². The third kappa shape index (κ3) is 15.4. The number of carboxylic acid groups (broad SMARTS) is 1. The molecule has 11 N–H and O–H groups in total. The Labute approximate surface area is 455 Å². The number of anilines is 2. The van der Waals surface area contributed by atoms with Gasteiger partial charge in [-0.3, -0.25) is 9.13 Å². The molecule has 3 aliphatic rings. The van der Waals surface area contributed by atoms with E-state index in [1.807, 2.05) is 48.5 Å². The minimum atomic E-state index is -1.30. The molecule has 11 atom stereocenters. The monoisotopic (exact) mass is 1120 g/mol. The van der Waals surface area contributed by atoms with E-state index in [-0.39, 0.29) is 29.7 Å². The Morgan fingerprint density at radius 1 is 0.731 bits per heavy atom. The van der Waals surface area contributed by atoms with Crippen LogP contribution >= 0.6 is 11.8 Å². The predicted molar refractivity (Wildman–Crippen MR) is 286 cm³/mol. The summed E-state index contributed by atoms with van der Waals surface area (Å²) in [6.07, 6.45) is -3.63. The van der Waals surface area contributed by atoms with Gasteiger partial charge in [-0.25, -0.2) is 49.1 Å². The zero-order valence-corrected chi connectivity index (χ0v) is 45.2. The molecule has 9 rings (SSSR count). The van der Waals surface area contributed by atoms with Gasteiger partial charge in [0.1, 0.15) is 89.3 Å². The Morgan fingerprint density at radius 2 is 1.23 bits per heavy atom. The zero-order chi connectivity index (χ0) is 56.5. The van der Waals surface area contributed by atoms with Crippen molar-refractivity contribution in [1.82, 2.24) is 49.7 Å². The van der Waals surface area contributed by atoms with Crippen LogP contribution in [0.5, 0.6) is 0 Å². The fraction of sp³-hybridized carbons (Fsp3) is 0.480. The van der Waals surface area contributed by atoms with Gasteiger partial charge in [-0.2, -0.15) is 11.8 Å². The standard InChI is InChI=1S/C25H32N6O7S.C17H19N5O3S.C8H13NO4/c1-25(2,3)38-24(36)30-15(23(34)35)10-39(9-14-7-5-4-6-8-14)11-16-18(32)19(33)22(37-16)31-13-29-17-20(26)27-12-28-21(17)31;18-15-12-16(20-8-19-15)22(9-21-12)17-14(24)13(23)11(25-17)7-26-6-10-4-2-1-3-5-10;1-8(2,3)13-7(11)9-5-4-12-6(5)10/h4-8,12-13,15-16,18-19,22,32-33H,9-11H2,1-3H3,(H3-,26,27,28,30,34,35,36);1-5,8-9,11,13-14,17,23-24H,6-7H2,(H2,18,19,20);5H,4H2,1-3H3,(H,9,11)/p+1/t15-,16+,18?,19-,22+,39?;11-,13?,14+,17-;5-/m010/s1. The lowest BCUT2D eigenvalue weighted by Gasteiger charge is -2.27. The molecule has 3 saturated heterocycles. The molecule has 26 nitrogen and oxygen atoms in total. The zero-order valence-electron chi connectivity index (χ0n) is 43.6. The van der Waals surface area contributed by atoms with Gasteiger partial charge in [-0.05, 0) is 58.0 Å². The second-order valence-corrected chi connectivity index (χ2v) is 23.4. The predicted octanol–water partition coefficient (Wildman–Crippen LogP) is 2.22. The van der Waals surface area contributed by atoms with Gasteiger partial charge in [0.25, 0.3) is 0 Å². The maximum absolute atomic E-state index is 12.3. The molecule has 0 radical (unpaired) electrons. The number of alkyl carbamates (subject to hydrolysis) is 2. The number of nitrogens with one attached hydrogen (secondary N) is 2. The van der Waals surface area contributed by atoms with Crippen molar-refractivity contribution >= 4 is 80.7 Å². The van der Waals surface area contributed by atoms with Gasteiger partial charge in [0.05, 0.1) is 18.8 Å². The first-order chi connectivity index (χ1) is 37.0. The normalized spacial score (nSPS) is 23.6. The van der Waals surface area contributed by atoms with E-state index in [4.69, 9.17) is 30.4 Å². The van der Waals surface area contributed by atoms with Crippen LogP contribution in [0.25, 0.3) is 22.3 Å². The summed E-state index contributed by atoms with van der Waals surface area (Å²) in [6, 6.07) is 17.8. The first-order valence-corrected chi connectivity index (χ1v) is 27.4. The van der Waals surface area contributed by atoms with Gasteiger partial charge >= 0.3 is 24.1 Å². The van der Waals surface area contributed by atoms with Crippen LogP contribution in [0.1, 0.15) is 65.1 Å². The lowest BCUT2D eigenvalue weighted by Crippen LogP contribution is -2.53. The second-order valence-electron chi connectivity index (χ2n) is 20.2. The van der Waals surface area contributed by atoms with Crippen molar-refractivity contribution in [2.75, 3.05) is 35.3 Å². The van der Waals surface area contributed by atoms with Crippen LogP contribution in [-0.2, 0) is 55.7 Å². The first-order valence-electron chi connectivity index (χ1n) is 24.5. The summed E-state index contributed by atoms with van der Waals surface area (Å²) in [7, 11) is -0.701. The highest BCUT2D eigenvalue weighted by Crippen LogP contribution is 2.35. The van der Waals surface area contributed by atoms with E-state index in [1.54, 1.807) is 57.9 Å². The fourth-order valence-corrected chi connectivity index (χ4v) is 11.6. The maximum Gasteiger partial charge on any atom is 0.408 e. The molecule has 0 bridgehead atoms. The molecular weight excluding hydrogens is 1060 g/mol. The lowest BCUT2D eigenvalue weighted by molar-refractivity contribution is -0.162. The summed E-state index contributed by atoms with van der Waals surface area (Å²) in [5, 5.41) is 57.3. The minimum Gasteiger partial charge on any atom is -0.480 e. The number of imidazole rings is 2. The Bertz CT molecular complexity index is 2980. The number of aliphatic carboxylic acids is 1. The van der Waals surface area contributed by atoms with E-state index in [0.717, 1.165) is 11.3 Å². The lowest BCUT2D eigenvalue weighted by atomic mass is 10.1. The number of cyclic esters (lactones) is 1. The third-order valence-corrected chi connectivity index (χ3v) is 15.2. The number of fused-ring (bicyclic) bond motifs is 2.